The molecule has 5 nitrogen and oxygen atoms in total. The normalized spacial score (nSPS) is 44.8. The molecule has 0 spiro atoms. The van der Waals surface area contributed by atoms with E-state index in [0.717, 1.165) is 32.1 Å². The average Bonchev–Trinajstić information content (AvgIpc) is 2.64. The number of nitrogens with two attached hydrogens (primary N) is 2. The van der Waals surface area contributed by atoms with Crippen LogP contribution in [0.2, 0.25) is 0 Å². The van der Waals surface area contributed by atoms with E-state index in [9.17, 15) is 0 Å². The molecule has 94 valence electrons. The van der Waals surface area contributed by atoms with Crippen molar-refractivity contribution in [2.24, 2.45) is 11.5 Å². The van der Waals surface area contributed by atoms with Crippen LogP contribution in [0.3, 0.4) is 0 Å². The predicted molar refractivity (Wildman–Crippen MR) is 59.7 cm³/mol. The smallest absolute Gasteiger partial charge is 0.158 e. The van der Waals surface area contributed by atoms with Gasteiger partial charge in [-0.25, -0.2) is 0 Å². The van der Waals surface area contributed by atoms with Gasteiger partial charge in [0.1, 0.15) is 0 Å². The van der Waals surface area contributed by atoms with Crippen LogP contribution in [0.1, 0.15) is 32.1 Å². The molecule has 1 heterocycles. The number of hydrogen-bond acceptors (Lipinski definition) is 5. The van der Waals surface area contributed by atoms with Crippen molar-refractivity contribution in [3.05, 3.63) is 0 Å². The molecule has 1 saturated heterocycles. The van der Waals surface area contributed by atoms with Crippen molar-refractivity contribution in [3.63, 3.8) is 0 Å². The second kappa shape index (κ2) is 5.42. The maximum atomic E-state index is 8.95. The van der Waals surface area contributed by atoms with Gasteiger partial charge in [0.05, 0.1) is 18.8 Å². The summed E-state index contributed by atoms with van der Waals surface area (Å²) >= 11 is 0. The molecule has 2 fully saturated rings. The highest BCUT2D eigenvalue weighted by Gasteiger charge is 2.31. The first-order valence-corrected chi connectivity index (χ1v) is 6.10. The molecule has 0 radical (unpaired) electrons. The molecular weight excluding hydrogens is 208 g/mol. The van der Waals surface area contributed by atoms with Crippen LogP contribution in [0.4, 0.5) is 0 Å². The van der Waals surface area contributed by atoms with E-state index in [1.54, 1.807) is 0 Å². The molecule has 0 aromatic rings. The summed E-state index contributed by atoms with van der Waals surface area (Å²) < 4.78 is 11.4. The molecule has 16 heavy (non-hydrogen) atoms. The van der Waals surface area contributed by atoms with Crippen molar-refractivity contribution >= 4 is 0 Å². The molecule has 0 amide bonds. The Hall–Kier alpha value is -0.200. The lowest BCUT2D eigenvalue weighted by Crippen LogP contribution is -2.44. The van der Waals surface area contributed by atoms with Crippen LogP contribution in [0, 0.1) is 0 Å². The Morgan fingerprint density at radius 3 is 2.38 bits per heavy atom. The Labute approximate surface area is 96.1 Å². The molecule has 1 saturated carbocycles. The Morgan fingerprint density at radius 2 is 1.81 bits per heavy atom. The Morgan fingerprint density at radius 1 is 1.12 bits per heavy atom. The molecule has 1 aliphatic carbocycles. The summed E-state index contributed by atoms with van der Waals surface area (Å²) in [6.07, 6.45) is 4.19. The molecule has 4 unspecified atom stereocenters. The van der Waals surface area contributed by atoms with Crippen molar-refractivity contribution in [2.45, 2.75) is 62.7 Å². The molecule has 4 atom stereocenters. The van der Waals surface area contributed by atoms with Crippen molar-refractivity contribution < 1.29 is 14.6 Å². The van der Waals surface area contributed by atoms with E-state index in [1.165, 1.54) is 0 Å². The minimum atomic E-state index is -0.181. The lowest BCUT2D eigenvalue weighted by atomic mass is 9.90. The average molecular weight is 230 g/mol. The van der Waals surface area contributed by atoms with Gasteiger partial charge in [0.2, 0.25) is 0 Å². The van der Waals surface area contributed by atoms with Gasteiger partial charge in [0.25, 0.3) is 0 Å². The van der Waals surface area contributed by atoms with E-state index in [1.807, 2.05) is 0 Å². The van der Waals surface area contributed by atoms with Crippen LogP contribution in [-0.2, 0) is 9.47 Å². The van der Waals surface area contributed by atoms with Gasteiger partial charge < -0.3 is 26.0 Å². The summed E-state index contributed by atoms with van der Waals surface area (Å²) in [5, 5.41) is 8.95. The molecule has 2 aliphatic rings. The fraction of sp³-hybridized carbons (Fsp3) is 1.00. The Kier molecular flexibility index (Phi) is 4.16. The Balaban J connectivity index is 1.77. The van der Waals surface area contributed by atoms with E-state index in [-0.39, 0.29) is 37.2 Å². The van der Waals surface area contributed by atoms with Gasteiger partial charge in [-0.15, -0.1) is 0 Å². The summed E-state index contributed by atoms with van der Waals surface area (Å²) in [7, 11) is 0. The van der Waals surface area contributed by atoms with Crippen LogP contribution in [0.25, 0.3) is 0 Å². The summed E-state index contributed by atoms with van der Waals surface area (Å²) in [5.74, 6) is 0. The number of aliphatic hydroxyl groups excluding tert-OH is 1. The minimum Gasteiger partial charge on any atom is -0.394 e. The molecule has 0 aromatic heterocycles. The van der Waals surface area contributed by atoms with Gasteiger partial charge in [-0.1, -0.05) is 0 Å². The molecular formula is C11H22N2O3. The summed E-state index contributed by atoms with van der Waals surface area (Å²) in [4.78, 5) is 0. The molecule has 5 N–H and O–H groups in total. The third kappa shape index (κ3) is 3.15. The van der Waals surface area contributed by atoms with Gasteiger partial charge in [-0.2, -0.15) is 0 Å². The molecule has 1 aliphatic heterocycles. The first-order chi connectivity index (χ1) is 7.67. The number of hydrogen-bond donors (Lipinski definition) is 3. The van der Waals surface area contributed by atoms with Crippen LogP contribution in [0.15, 0.2) is 0 Å². The summed E-state index contributed by atoms with van der Waals surface area (Å²) in [6, 6.07) is 0.285. The van der Waals surface area contributed by atoms with Gasteiger partial charge in [0.15, 0.2) is 6.29 Å². The predicted octanol–water partition coefficient (Wildman–Crippen LogP) is -0.292. The first-order valence-electron chi connectivity index (χ1n) is 6.10. The van der Waals surface area contributed by atoms with Crippen molar-refractivity contribution in [1.82, 2.24) is 0 Å². The highest BCUT2D eigenvalue weighted by molar-refractivity contribution is 4.84. The third-order valence-corrected chi connectivity index (χ3v) is 3.35. The summed E-state index contributed by atoms with van der Waals surface area (Å²) in [6.45, 7) is 0.0730. The highest BCUT2D eigenvalue weighted by Crippen LogP contribution is 2.26. The second-order valence-electron chi connectivity index (χ2n) is 4.93. The number of aliphatic hydroxyl groups is 1. The van der Waals surface area contributed by atoms with Gasteiger partial charge >= 0.3 is 0 Å². The Bertz CT molecular complexity index is 217. The molecule has 0 bridgehead atoms. The third-order valence-electron chi connectivity index (χ3n) is 3.35. The summed E-state index contributed by atoms with van der Waals surface area (Å²) in [5.41, 5.74) is 11.8. The van der Waals surface area contributed by atoms with Crippen molar-refractivity contribution in [3.8, 4) is 0 Å². The van der Waals surface area contributed by atoms with E-state index in [0.29, 0.717) is 0 Å². The maximum Gasteiger partial charge on any atom is 0.158 e. The number of rotatable bonds is 3. The molecule has 5 heteroatoms. The van der Waals surface area contributed by atoms with Crippen LogP contribution in [0.5, 0.6) is 0 Å². The lowest BCUT2D eigenvalue weighted by Gasteiger charge is -2.32. The maximum absolute atomic E-state index is 8.95. The lowest BCUT2D eigenvalue weighted by molar-refractivity contribution is -0.174. The van der Waals surface area contributed by atoms with E-state index < -0.39 is 0 Å². The van der Waals surface area contributed by atoms with Crippen LogP contribution < -0.4 is 11.5 Å². The standard InChI is InChI=1S/C11H22N2O3/c12-7-3-8(13)5-10(4-7)16-11-2-1-9(6-14)15-11/h7-11,14H,1-6,12-13H2. The zero-order valence-electron chi connectivity index (χ0n) is 9.55. The van der Waals surface area contributed by atoms with Gasteiger partial charge in [0, 0.05) is 18.5 Å². The second-order valence-corrected chi connectivity index (χ2v) is 4.93. The topological polar surface area (TPSA) is 90.7 Å². The molecule has 2 rings (SSSR count). The number of ether oxygens (including phenoxy) is 2. The minimum absolute atomic E-state index is 0.0593. The van der Waals surface area contributed by atoms with Crippen molar-refractivity contribution in [1.29, 1.82) is 0 Å². The van der Waals surface area contributed by atoms with Gasteiger partial charge in [-0.3, -0.25) is 0 Å². The zero-order valence-corrected chi connectivity index (χ0v) is 9.55. The SMILES string of the molecule is NC1CC(N)CC(OC2CCC(CO)O2)C1. The van der Waals surface area contributed by atoms with Crippen LogP contribution >= 0.6 is 0 Å². The van der Waals surface area contributed by atoms with E-state index >= 15 is 0 Å². The fourth-order valence-corrected chi connectivity index (χ4v) is 2.59. The van der Waals surface area contributed by atoms with E-state index in [4.69, 9.17) is 26.0 Å². The van der Waals surface area contributed by atoms with Gasteiger partial charge in [-0.05, 0) is 25.7 Å². The van der Waals surface area contributed by atoms with E-state index in [2.05, 4.69) is 0 Å². The first kappa shape index (κ1) is 12.3. The van der Waals surface area contributed by atoms with Crippen LogP contribution in [-0.4, -0.2) is 42.3 Å². The molecule has 0 aromatic carbocycles. The fourth-order valence-electron chi connectivity index (χ4n) is 2.59. The quantitative estimate of drug-likeness (QED) is 0.619. The monoisotopic (exact) mass is 230 g/mol. The largest absolute Gasteiger partial charge is 0.394 e. The zero-order chi connectivity index (χ0) is 11.5. The highest BCUT2D eigenvalue weighted by atomic mass is 16.7. The van der Waals surface area contributed by atoms with Crippen molar-refractivity contribution in [2.75, 3.05) is 6.61 Å².